The number of amides is 3. The molecule has 3 heterocycles. The molecule has 7 heteroatoms. The van der Waals surface area contributed by atoms with E-state index in [0.717, 1.165) is 18.5 Å². The largest absolute Gasteiger partial charge is 0.355 e. The Kier molecular flexibility index (Phi) is 6.18. The highest BCUT2D eigenvalue weighted by Gasteiger charge is 2.34. The third-order valence-corrected chi connectivity index (χ3v) is 6.90. The van der Waals surface area contributed by atoms with Gasteiger partial charge in [-0.2, -0.15) is 0 Å². The van der Waals surface area contributed by atoms with E-state index in [4.69, 9.17) is 0 Å². The molecular formula is C23H27N3O3S. The molecule has 1 unspecified atom stereocenters. The van der Waals surface area contributed by atoms with Crippen LogP contribution in [-0.4, -0.2) is 47.2 Å². The van der Waals surface area contributed by atoms with Gasteiger partial charge in [-0.1, -0.05) is 29.8 Å². The number of thiophene rings is 1. The highest BCUT2D eigenvalue weighted by molar-refractivity contribution is 7.10. The van der Waals surface area contributed by atoms with E-state index in [1.54, 1.807) is 16.2 Å². The van der Waals surface area contributed by atoms with Gasteiger partial charge in [-0.3, -0.25) is 14.4 Å². The molecule has 2 aliphatic heterocycles. The Balaban J connectivity index is 1.21. The van der Waals surface area contributed by atoms with Crippen LogP contribution in [0.5, 0.6) is 0 Å². The molecule has 6 nitrogen and oxygen atoms in total. The Bertz CT molecular complexity index is 937. The van der Waals surface area contributed by atoms with Crippen LogP contribution in [0.2, 0.25) is 0 Å². The van der Waals surface area contributed by atoms with E-state index in [2.05, 4.69) is 16.8 Å². The second kappa shape index (κ2) is 9.00. The molecule has 4 rings (SSSR count). The van der Waals surface area contributed by atoms with Gasteiger partial charge in [0.2, 0.25) is 17.7 Å². The average Bonchev–Trinajstić information content (AvgIpc) is 3.35. The van der Waals surface area contributed by atoms with Gasteiger partial charge in [-0.05, 0) is 35.9 Å². The van der Waals surface area contributed by atoms with Crippen molar-refractivity contribution in [1.82, 2.24) is 15.1 Å². The summed E-state index contributed by atoms with van der Waals surface area (Å²) in [5, 5.41) is 4.93. The lowest BCUT2D eigenvalue weighted by molar-refractivity contribution is -0.132. The lowest BCUT2D eigenvalue weighted by Crippen LogP contribution is -2.39. The highest BCUT2D eigenvalue weighted by atomic mass is 32.1. The molecular weight excluding hydrogens is 398 g/mol. The van der Waals surface area contributed by atoms with Crippen LogP contribution in [0.15, 0.2) is 35.7 Å². The summed E-state index contributed by atoms with van der Waals surface area (Å²) in [6, 6.07) is 10.2. The Morgan fingerprint density at radius 3 is 2.80 bits per heavy atom. The molecule has 0 radical (unpaired) electrons. The summed E-state index contributed by atoms with van der Waals surface area (Å²) < 4.78 is 0. The van der Waals surface area contributed by atoms with E-state index in [1.807, 2.05) is 36.1 Å². The number of nitrogens with zero attached hydrogens (tertiary/aromatic N) is 2. The SMILES string of the molecule is Cc1ccc(CN2CC(C(=O)NCCC(=O)N3CCc4sccc4C3)CC2=O)cc1. The fourth-order valence-electron chi connectivity index (χ4n) is 4.07. The Hall–Kier alpha value is -2.67. The van der Waals surface area contributed by atoms with E-state index < -0.39 is 0 Å². The number of aryl methyl sites for hydroxylation is 1. The number of hydrogen-bond acceptors (Lipinski definition) is 4. The van der Waals surface area contributed by atoms with Gasteiger partial charge in [-0.15, -0.1) is 11.3 Å². The van der Waals surface area contributed by atoms with Gasteiger partial charge in [0, 0.05) is 50.4 Å². The molecule has 1 atom stereocenters. The summed E-state index contributed by atoms with van der Waals surface area (Å²) in [5.74, 6) is -0.412. The number of likely N-dealkylation sites (tertiary alicyclic amines) is 1. The van der Waals surface area contributed by atoms with E-state index in [0.29, 0.717) is 32.6 Å². The molecule has 2 aliphatic rings. The van der Waals surface area contributed by atoms with Crippen molar-refractivity contribution in [1.29, 1.82) is 0 Å². The van der Waals surface area contributed by atoms with Gasteiger partial charge in [0.05, 0.1) is 5.92 Å². The molecule has 1 saturated heterocycles. The molecule has 1 aromatic heterocycles. The van der Waals surface area contributed by atoms with Crippen LogP contribution < -0.4 is 5.32 Å². The number of nitrogens with one attached hydrogen (secondary N) is 1. The van der Waals surface area contributed by atoms with Crippen LogP contribution in [0.4, 0.5) is 0 Å². The quantitative estimate of drug-likeness (QED) is 0.773. The molecule has 158 valence electrons. The predicted molar refractivity (Wildman–Crippen MR) is 116 cm³/mol. The minimum atomic E-state index is -0.346. The molecule has 0 bridgehead atoms. The fourth-order valence-corrected chi connectivity index (χ4v) is 4.96. The van der Waals surface area contributed by atoms with Crippen LogP contribution in [0.25, 0.3) is 0 Å². The monoisotopic (exact) mass is 425 g/mol. The fraction of sp³-hybridized carbons (Fsp3) is 0.435. The van der Waals surface area contributed by atoms with Crippen molar-refractivity contribution >= 4 is 29.1 Å². The first kappa shape index (κ1) is 20.6. The summed E-state index contributed by atoms with van der Waals surface area (Å²) >= 11 is 1.75. The maximum atomic E-state index is 12.5. The van der Waals surface area contributed by atoms with Crippen molar-refractivity contribution in [3.8, 4) is 0 Å². The first-order valence-electron chi connectivity index (χ1n) is 10.4. The number of rotatable bonds is 6. The lowest BCUT2D eigenvalue weighted by atomic mass is 10.1. The summed E-state index contributed by atoms with van der Waals surface area (Å²) in [6.07, 6.45) is 1.43. The Morgan fingerprint density at radius 2 is 2.00 bits per heavy atom. The van der Waals surface area contributed by atoms with Gasteiger partial charge >= 0.3 is 0 Å². The minimum Gasteiger partial charge on any atom is -0.355 e. The van der Waals surface area contributed by atoms with E-state index in [9.17, 15) is 14.4 Å². The molecule has 3 amide bonds. The van der Waals surface area contributed by atoms with Gasteiger partial charge in [0.25, 0.3) is 0 Å². The van der Waals surface area contributed by atoms with E-state index in [1.165, 1.54) is 16.0 Å². The van der Waals surface area contributed by atoms with Gasteiger partial charge in [0.15, 0.2) is 0 Å². The van der Waals surface area contributed by atoms with Crippen LogP contribution in [-0.2, 0) is 33.9 Å². The van der Waals surface area contributed by atoms with Crippen LogP contribution in [0.1, 0.15) is 34.4 Å². The topological polar surface area (TPSA) is 69.7 Å². The summed E-state index contributed by atoms with van der Waals surface area (Å²) in [7, 11) is 0. The molecule has 1 fully saturated rings. The van der Waals surface area contributed by atoms with Gasteiger partial charge in [-0.25, -0.2) is 0 Å². The number of hydrogen-bond donors (Lipinski definition) is 1. The first-order chi connectivity index (χ1) is 14.5. The summed E-state index contributed by atoms with van der Waals surface area (Å²) in [6.45, 7) is 4.70. The van der Waals surface area contributed by atoms with Crippen molar-refractivity contribution in [2.75, 3.05) is 19.6 Å². The van der Waals surface area contributed by atoms with Crippen molar-refractivity contribution in [3.05, 3.63) is 57.3 Å². The number of fused-ring (bicyclic) bond motifs is 1. The standard InChI is InChI=1S/C23H27N3O3S/c1-16-2-4-17(5-3-16)13-26-15-19(12-22(26)28)23(29)24-9-6-21(27)25-10-7-20-18(14-25)8-11-30-20/h2-5,8,11,19H,6-7,9-10,12-15H2,1H3,(H,24,29). The normalized spacial score (nSPS) is 18.4. The minimum absolute atomic E-state index is 0.00619. The van der Waals surface area contributed by atoms with Crippen molar-refractivity contribution in [3.63, 3.8) is 0 Å². The number of carbonyl (C=O) groups is 3. The zero-order valence-electron chi connectivity index (χ0n) is 17.2. The molecule has 30 heavy (non-hydrogen) atoms. The second-order valence-corrected chi connectivity index (χ2v) is 9.14. The molecule has 0 spiro atoms. The smallest absolute Gasteiger partial charge is 0.225 e. The van der Waals surface area contributed by atoms with Crippen molar-refractivity contribution in [2.24, 2.45) is 5.92 Å². The molecule has 1 N–H and O–H groups in total. The average molecular weight is 426 g/mol. The molecule has 0 aliphatic carbocycles. The Labute approximate surface area is 180 Å². The van der Waals surface area contributed by atoms with E-state index in [-0.39, 0.29) is 30.1 Å². The second-order valence-electron chi connectivity index (χ2n) is 8.14. The summed E-state index contributed by atoms with van der Waals surface area (Å²) in [5.41, 5.74) is 3.48. The zero-order chi connectivity index (χ0) is 21.1. The van der Waals surface area contributed by atoms with Gasteiger partial charge in [0.1, 0.15) is 0 Å². The maximum Gasteiger partial charge on any atom is 0.225 e. The predicted octanol–water partition coefficient (Wildman–Crippen LogP) is 2.50. The maximum absolute atomic E-state index is 12.5. The third kappa shape index (κ3) is 4.73. The van der Waals surface area contributed by atoms with Gasteiger partial charge < -0.3 is 15.1 Å². The zero-order valence-corrected chi connectivity index (χ0v) is 18.0. The molecule has 2 aromatic rings. The lowest BCUT2D eigenvalue weighted by Gasteiger charge is -2.27. The Morgan fingerprint density at radius 1 is 1.20 bits per heavy atom. The first-order valence-corrected chi connectivity index (χ1v) is 11.3. The number of benzene rings is 1. The summed E-state index contributed by atoms with van der Waals surface area (Å²) in [4.78, 5) is 42.3. The van der Waals surface area contributed by atoms with E-state index >= 15 is 0 Å². The highest BCUT2D eigenvalue weighted by Crippen LogP contribution is 2.24. The van der Waals surface area contributed by atoms with Crippen molar-refractivity contribution < 1.29 is 14.4 Å². The van der Waals surface area contributed by atoms with Crippen LogP contribution in [0, 0.1) is 12.8 Å². The third-order valence-electron chi connectivity index (χ3n) is 5.88. The molecule has 1 aromatic carbocycles. The molecule has 0 saturated carbocycles. The number of carbonyl (C=O) groups excluding carboxylic acids is 3. The van der Waals surface area contributed by atoms with Crippen LogP contribution >= 0.6 is 11.3 Å². The van der Waals surface area contributed by atoms with Crippen LogP contribution in [0.3, 0.4) is 0 Å². The van der Waals surface area contributed by atoms with Crippen molar-refractivity contribution in [2.45, 2.75) is 39.3 Å².